The summed E-state index contributed by atoms with van der Waals surface area (Å²) >= 11 is 0. The van der Waals surface area contributed by atoms with Crippen LogP contribution >= 0.6 is 0 Å². The molecule has 36 heavy (non-hydrogen) atoms. The number of hydrogen-bond donors (Lipinski definition) is 2. The molecule has 2 fully saturated rings. The summed E-state index contributed by atoms with van der Waals surface area (Å²) in [5.41, 5.74) is 3.12. The van der Waals surface area contributed by atoms with E-state index in [0.29, 0.717) is 35.2 Å². The van der Waals surface area contributed by atoms with E-state index in [0.717, 1.165) is 24.1 Å². The van der Waals surface area contributed by atoms with Gasteiger partial charge in [0, 0.05) is 53.3 Å². The van der Waals surface area contributed by atoms with Gasteiger partial charge in [-0.15, -0.1) is 0 Å². The molecule has 2 aliphatic heterocycles. The Labute approximate surface area is 204 Å². The number of nitrogens with zero attached hydrogens (tertiary/aromatic N) is 2. The smallest absolute Gasteiger partial charge is 0.332 e. The lowest BCUT2D eigenvalue weighted by Crippen LogP contribution is -2.20. The van der Waals surface area contributed by atoms with Gasteiger partial charge in [-0.1, -0.05) is 0 Å². The van der Waals surface area contributed by atoms with Gasteiger partial charge in [0.2, 0.25) is 0 Å². The second-order valence-electron chi connectivity index (χ2n) is 9.35. The quantitative estimate of drug-likeness (QED) is 0.417. The molecule has 2 aromatic heterocycles. The fourth-order valence-corrected chi connectivity index (χ4v) is 5.70. The van der Waals surface area contributed by atoms with Crippen molar-refractivity contribution in [3.05, 3.63) is 53.4 Å². The average molecular weight is 497 g/mol. The van der Waals surface area contributed by atoms with E-state index in [2.05, 4.69) is 10.2 Å². The van der Waals surface area contributed by atoms with Crippen LogP contribution < -0.4 is 4.74 Å². The predicted octanol–water partition coefficient (Wildman–Crippen LogP) is 4.64. The lowest BCUT2D eigenvalue weighted by Gasteiger charge is -2.27. The Kier molecular flexibility index (Phi) is 5.65. The molecule has 2 aromatic carbocycles. The summed E-state index contributed by atoms with van der Waals surface area (Å²) in [6.45, 7) is 1.29. The van der Waals surface area contributed by atoms with Crippen molar-refractivity contribution in [1.82, 2.24) is 14.8 Å². The predicted molar refractivity (Wildman–Crippen MR) is 127 cm³/mol. The zero-order valence-corrected chi connectivity index (χ0v) is 19.6. The second-order valence-corrected chi connectivity index (χ2v) is 9.35. The number of rotatable bonds is 5. The normalized spacial score (nSPS) is 21.0. The summed E-state index contributed by atoms with van der Waals surface area (Å²) in [7, 11) is 1.40. The number of aromatic amines is 1. The Morgan fingerprint density at radius 2 is 2.03 bits per heavy atom. The minimum absolute atomic E-state index is 0.0249. The van der Waals surface area contributed by atoms with Crippen molar-refractivity contribution in [3.8, 4) is 11.4 Å². The molecule has 10 heteroatoms. The van der Waals surface area contributed by atoms with Gasteiger partial charge in [0.1, 0.15) is 5.52 Å². The van der Waals surface area contributed by atoms with E-state index in [1.807, 2.05) is 10.6 Å². The van der Waals surface area contributed by atoms with E-state index in [-0.39, 0.29) is 36.1 Å². The van der Waals surface area contributed by atoms with Crippen LogP contribution in [0.15, 0.2) is 30.5 Å². The van der Waals surface area contributed by atoms with E-state index < -0.39 is 23.7 Å². The minimum Gasteiger partial charge on any atom is -0.494 e. The van der Waals surface area contributed by atoms with Crippen molar-refractivity contribution in [2.24, 2.45) is 0 Å². The van der Waals surface area contributed by atoms with E-state index in [4.69, 9.17) is 14.2 Å². The maximum Gasteiger partial charge on any atom is 0.332 e. The summed E-state index contributed by atoms with van der Waals surface area (Å²) in [5, 5.41) is 17.3. The van der Waals surface area contributed by atoms with Gasteiger partial charge in [0.05, 0.1) is 25.4 Å². The fraction of sp³-hybridized carbons (Fsp3) is 0.385. The molecule has 0 amide bonds. The number of aliphatic carboxylic acids is 1. The molecule has 2 atom stereocenters. The van der Waals surface area contributed by atoms with Gasteiger partial charge in [-0.3, -0.25) is 5.10 Å². The molecule has 0 bridgehead atoms. The van der Waals surface area contributed by atoms with Gasteiger partial charge in [-0.2, -0.15) is 5.10 Å². The first kappa shape index (κ1) is 22.9. The van der Waals surface area contributed by atoms with Crippen LogP contribution in [-0.2, 0) is 14.3 Å². The Morgan fingerprint density at radius 3 is 2.75 bits per heavy atom. The van der Waals surface area contributed by atoms with Gasteiger partial charge in [0.15, 0.2) is 23.5 Å². The molecule has 2 aliphatic rings. The number of hydrogen-bond acceptors (Lipinski definition) is 5. The summed E-state index contributed by atoms with van der Waals surface area (Å²) in [4.78, 5) is 11.7. The van der Waals surface area contributed by atoms with Crippen LogP contribution in [0, 0.1) is 11.6 Å². The number of carboxylic acids is 1. The van der Waals surface area contributed by atoms with E-state index in [1.165, 1.54) is 13.2 Å². The molecular weight excluding hydrogens is 472 g/mol. The highest BCUT2D eigenvalue weighted by molar-refractivity contribution is 6.00. The van der Waals surface area contributed by atoms with Crippen LogP contribution in [0.25, 0.3) is 27.5 Å². The summed E-state index contributed by atoms with van der Waals surface area (Å²) in [6, 6.07) is 6.44. The van der Waals surface area contributed by atoms with Crippen molar-refractivity contribution < 1.29 is 32.9 Å². The number of nitrogens with one attached hydrogen (secondary N) is 1. The highest BCUT2D eigenvalue weighted by Gasteiger charge is 2.38. The average Bonchev–Trinajstić information content (AvgIpc) is 3.62. The van der Waals surface area contributed by atoms with Crippen LogP contribution in [0.3, 0.4) is 0 Å². The summed E-state index contributed by atoms with van der Waals surface area (Å²) < 4.78 is 49.0. The first-order valence-electron chi connectivity index (χ1n) is 11.9. The number of ether oxygens (including phenoxy) is 3. The van der Waals surface area contributed by atoms with Crippen molar-refractivity contribution in [2.45, 2.75) is 37.2 Å². The molecule has 4 heterocycles. The summed E-state index contributed by atoms with van der Waals surface area (Å²) in [5.74, 6) is -2.21. The van der Waals surface area contributed by atoms with Crippen molar-refractivity contribution in [1.29, 1.82) is 0 Å². The number of benzene rings is 2. The zero-order chi connectivity index (χ0) is 25.0. The third-order valence-corrected chi connectivity index (χ3v) is 7.36. The number of halogens is 2. The SMILES string of the molecule is COc1cc(-n2c(C3CCOCC3)c(C3COC(C(=O)O)C3)c3c(F)c4[nH]ncc4cc32)ccc1F. The molecular formula is C26H25F2N3O5. The largest absolute Gasteiger partial charge is 0.494 e. The summed E-state index contributed by atoms with van der Waals surface area (Å²) in [6.07, 6.45) is 2.28. The monoisotopic (exact) mass is 497 g/mol. The van der Waals surface area contributed by atoms with Crippen LogP contribution in [0.2, 0.25) is 0 Å². The molecule has 6 rings (SSSR count). The third kappa shape index (κ3) is 3.55. The van der Waals surface area contributed by atoms with Crippen LogP contribution in [0.4, 0.5) is 8.78 Å². The van der Waals surface area contributed by atoms with Gasteiger partial charge < -0.3 is 23.9 Å². The molecule has 0 aliphatic carbocycles. The van der Waals surface area contributed by atoms with E-state index in [1.54, 1.807) is 18.3 Å². The molecule has 188 valence electrons. The Hall–Kier alpha value is -3.50. The Balaban J connectivity index is 1.70. The zero-order valence-electron chi connectivity index (χ0n) is 19.6. The molecule has 8 nitrogen and oxygen atoms in total. The van der Waals surface area contributed by atoms with Crippen LogP contribution in [0.1, 0.15) is 42.4 Å². The Bertz CT molecular complexity index is 1470. The highest BCUT2D eigenvalue weighted by atomic mass is 19.1. The maximum atomic E-state index is 16.2. The number of aromatic nitrogens is 3. The molecule has 4 aromatic rings. The lowest BCUT2D eigenvalue weighted by atomic mass is 9.86. The van der Waals surface area contributed by atoms with E-state index in [9.17, 15) is 14.3 Å². The van der Waals surface area contributed by atoms with Crippen LogP contribution in [-0.4, -0.2) is 58.9 Å². The van der Waals surface area contributed by atoms with Crippen molar-refractivity contribution >= 4 is 27.8 Å². The van der Waals surface area contributed by atoms with Crippen LogP contribution in [0.5, 0.6) is 5.75 Å². The first-order chi connectivity index (χ1) is 17.5. The molecule has 0 spiro atoms. The molecule has 2 unspecified atom stereocenters. The van der Waals surface area contributed by atoms with Gasteiger partial charge in [-0.25, -0.2) is 13.6 Å². The lowest BCUT2D eigenvalue weighted by molar-refractivity contribution is -0.147. The standard InChI is InChI=1S/C26H25F2N3O5/c1-34-19-10-16(2-3-17(19)27)31-18-8-14-11-29-30-24(14)23(28)22(18)21(15-9-20(26(32)33)36-12-15)25(31)13-4-6-35-7-5-13/h2-3,8,10-11,13,15,20H,4-7,9,12H2,1H3,(H,29,30)(H,32,33). The van der Waals surface area contributed by atoms with Crippen molar-refractivity contribution in [3.63, 3.8) is 0 Å². The maximum absolute atomic E-state index is 16.2. The van der Waals surface area contributed by atoms with Crippen molar-refractivity contribution in [2.75, 3.05) is 26.9 Å². The minimum atomic E-state index is -1.03. The molecule has 0 radical (unpaired) electrons. The topological polar surface area (TPSA) is 98.6 Å². The number of H-pyrrole nitrogens is 1. The number of methoxy groups -OCH3 is 1. The van der Waals surface area contributed by atoms with E-state index >= 15 is 4.39 Å². The van der Waals surface area contributed by atoms with Gasteiger partial charge >= 0.3 is 5.97 Å². The Morgan fingerprint density at radius 1 is 1.22 bits per heavy atom. The highest BCUT2D eigenvalue weighted by Crippen LogP contribution is 2.46. The van der Waals surface area contributed by atoms with Gasteiger partial charge in [-0.05, 0) is 43.0 Å². The number of carbonyl (C=O) groups is 1. The third-order valence-electron chi connectivity index (χ3n) is 7.36. The first-order valence-corrected chi connectivity index (χ1v) is 11.9. The molecule has 2 saturated heterocycles. The molecule has 2 N–H and O–H groups in total. The second kappa shape index (κ2) is 8.86. The number of fused-ring (bicyclic) bond motifs is 2. The number of carboxylic acid groups (broad SMARTS) is 1. The fourth-order valence-electron chi connectivity index (χ4n) is 5.70. The van der Waals surface area contributed by atoms with Gasteiger partial charge in [0.25, 0.3) is 0 Å². The molecule has 0 saturated carbocycles.